The molecule has 4 rings (SSSR count). The Kier molecular flexibility index (Phi) is 9.32. The number of carbonyl (C=O) groups excluding carboxylic acids is 2. The summed E-state index contributed by atoms with van der Waals surface area (Å²) in [7, 11) is 1.78. The molecule has 11 heteroatoms. The molecule has 0 saturated carbocycles. The van der Waals surface area contributed by atoms with E-state index in [1.807, 2.05) is 23.1 Å². The first kappa shape index (κ1) is 28.0. The van der Waals surface area contributed by atoms with Crippen LogP contribution in [-0.4, -0.2) is 115 Å². The average Bonchev–Trinajstić information content (AvgIpc) is 3.51. The highest BCUT2D eigenvalue weighted by atomic mass is 16.7. The molecule has 3 N–H and O–H groups in total. The minimum Gasteiger partial charge on any atom is -0.481 e. The summed E-state index contributed by atoms with van der Waals surface area (Å²) < 4.78 is 11.0. The second-order valence-electron chi connectivity index (χ2n) is 10.4. The maximum atomic E-state index is 13.4. The summed E-state index contributed by atoms with van der Waals surface area (Å²) in [5.74, 6) is -0.771. The summed E-state index contributed by atoms with van der Waals surface area (Å²) in [4.78, 5) is 46.1. The van der Waals surface area contributed by atoms with Gasteiger partial charge in [0.05, 0.1) is 12.5 Å². The van der Waals surface area contributed by atoms with Crippen molar-refractivity contribution >= 4 is 17.9 Å². The second-order valence-corrected chi connectivity index (χ2v) is 10.4. The van der Waals surface area contributed by atoms with E-state index in [4.69, 9.17) is 15.2 Å². The van der Waals surface area contributed by atoms with Gasteiger partial charge in [0, 0.05) is 64.8 Å². The Balaban J connectivity index is 1.58. The van der Waals surface area contributed by atoms with Gasteiger partial charge in [-0.1, -0.05) is 19.4 Å². The topological polar surface area (TPSA) is 129 Å². The summed E-state index contributed by atoms with van der Waals surface area (Å²) in [6.45, 7) is 6.05. The van der Waals surface area contributed by atoms with Crippen LogP contribution in [0, 0.1) is 5.92 Å². The molecule has 11 nitrogen and oxygen atoms in total. The van der Waals surface area contributed by atoms with Crippen LogP contribution in [0.2, 0.25) is 0 Å². The van der Waals surface area contributed by atoms with Crippen molar-refractivity contribution in [1.82, 2.24) is 19.6 Å². The average molecular weight is 532 g/mol. The molecule has 1 aromatic carbocycles. The zero-order valence-corrected chi connectivity index (χ0v) is 22.5. The predicted molar refractivity (Wildman–Crippen MR) is 141 cm³/mol. The highest BCUT2D eigenvalue weighted by molar-refractivity contribution is 5.79. The molecular weight excluding hydrogens is 490 g/mol. The molecule has 0 aromatic heterocycles. The van der Waals surface area contributed by atoms with Gasteiger partial charge in [0.2, 0.25) is 12.7 Å². The first-order chi connectivity index (χ1) is 18.3. The number of amides is 3. The lowest BCUT2D eigenvalue weighted by atomic mass is 9.84. The third kappa shape index (κ3) is 6.15. The maximum absolute atomic E-state index is 13.4. The van der Waals surface area contributed by atoms with Crippen molar-refractivity contribution in [1.29, 1.82) is 0 Å². The van der Waals surface area contributed by atoms with Crippen molar-refractivity contribution in [2.75, 3.05) is 66.2 Å². The number of hydrogen-bond acceptors (Lipinski definition) is 7. The molecule has 3 atom stereocenters. The van der Waals surface area contributed by atoms with Crippen LogP contribution in [-0.2, 0) is 9.59 Å². The number of urea groups is 1. The second kappa shape index (κ2) is 12.7. The zero-order valence-electron chi connectivity index (χ0n) is 22.5. The maximum Gasteiger partial charge on any atom is 0.319 e. The van der Waals surface area contributed by atoms with Gasteiger partial charge >= 0.3 is 12.0 Å². The summed E-state index contributed by atoms with van der Waals surface area (Å²) in [6, 6.07) is 5.12. The lowest BCUT2D eigenvalue weighted by Crippen LogP contribution is -2.50. The van der Waals surface area contributed by atoms with Gasteiger partial charge in [-0.3, -0.25) is 14.5 Å². The third-order valence-electron chi connectivity index (χ3n) is 7.94. The number of fused-ring (bicyclic) bond motifs is 1. The van der Waals surface area contributed by atoms with Gasteiger partial charge in [0.15, 0.2) is 11.5 Å². The van der Waals surface area contributed by atoms with Gasteiger partial charge in [-0.25, -0.2) is 4.79 Å². The fourth-order valence-corrected chi connectivity index (χ4v) is 5.90. The number of likely N-dealkylation sites (tertiary alicyclic amines) is 1. The number of carboxylic acids is 1. The Morgan fingerprint density at radius 3 is 2.71 bits per heavy atom. The van der Waals surface area contributed by atoms with Crippen molar-refractivity contribution < 1.29 is 29.0 Å². The SMILES string of the molecule is CCCCN(CCN)C(=O)CN1C[C@H](c2ccc3c(c2)OCO3)[C@@H](C(=O)O)[C@@H]1CCN1CCCN(C)C1=O. The van der Waals surface area contributed by atoms with E-state index in [0.717, 1.165) is 31.4 Å². The summed E-state index contributed by atoms with van der Waals surface area (Å²) in [5, 5.41) is 10.4. The molecule has 2 saturated heterocycles. The number of rotatable bonds is 12. The van der Waals surface area contributed by atoms with Crippen molar-refractivity contribution in [3.63, 3.8) is 0 Å². The molecule has 0 radical (unpaired) electrons. The Morgan fingerprint density at radius 1 is 1.18 bits per heavy atom. The molecule has 3 heterocycles. The largest absolute Gasteiger partial charge is 0.481 e. The van der Waals surface area contributed by atoms with Crippen LogP contribution in [0.3, 0.4) is 0 Å². The van der Waals surface area contributed by atoms with E-state index in [0.29, 0.717) is 57.2 Å². The number of ether oxygens (including phenoxy) is 2. The molecule has 38 heavy (non-hydrogen) atoms. The molecule has 3 aliphatic rings. The fraction of sp³-hybridized carbons (Fsp3) is 0.667. The van der Waals surface area contributed by atoms with E-state index < -0.39 is 17.9 Å². The highest BCUT2D eigenvalue weighted by Crippen LogP contribution is 2.42. The smallest absolute Gasteiger partial charge is 0.319 e. The van der Waals surface area contributed by atoms with Crippen molar-refractivity contribution in [2.24, 2.45) is 11.7 Å². The van der Waals surface area contributed by atoms with Crippen molar-refractivity contribution in [2.45, 2.75) is 44.6 Å². The van der Waals surface area contributed by atoms with Gasteiger partial charge in [-0.05, 0) is 37.0 Å². The van der Waals surface area contributed by atoms with Crippen LogP contribution < -0.4 is 15.2 Å². The molecule has 0 aliphatic carbocycles. The number of carboxylic acid groups (broad SMARTS) is 1. The monoisotopic (exact) mass is 531 g/mol. The molecule has 210 valence electrons. The number of hydrogen-bond donors (Lipinski definition) is 2. The van der Waals surface area contributed by atoms with Gasteiger partial charge < -0.3 is 35.0 Å². The normalized spacial score (nSPS) is 23.2. The zero-order chi connectivity index (χ0) is 27.2. The molecule has 2 fully saturated rings. The van der Waals surface area contributed by atoms with Gasteiger partial charge in [-0.2, -0.15) is 0 Å². The molecule has 3 aliphatic heterocycles. The molecule has 0 spiro atoms. The summed E-state index contributed by atoms with van der Waals surface area (Å²) in [6.07, 6.45) is 3.20. The first-order valence-corrected chi connectivity index (χ1v) is 13.7. The van der Waals surface area contributed by atoms with E-state index in [9.17, 15) is 19.5 Å². The number of unbranched alkanes of at least 4 members (excludes halogenated alkanes) is 1. The van der Waals surface area contributed by atoms with Crippen molar-refractivity contribution in [3.05, 3.63) is 23.8 Å². The van der Waals surface area contributed by atoms with Gasteiger partial charge in [0.1, 0.15) is 0 Å². The fourth-order valence-electron chi connectivity index (χ4n) is 5.90. The van der Waals surface area contributed by atoms with Gasteiger partial charge in [0.25, 0.3) is 0 Å². The van der Waals surface area contributed by atoms with Crippen LogP contribution in [0.25, 0.3) is 0 Å². The van der Waals surface area contributed by atoms with Crippen LogP contribution >= 0.6 is 0 Å². The minimum atomic E-state index is -0.903. The lowest BCUT2D eigenvalue weighted by Gasteiger charge is -2.35. The van der Waals surface area contributed by atoms with Crippen LogP contribution in [0.4, 0.5) is 4.79 Å². The first-order valence-electron chi connectivity index (χ1n) is 13.7. The Labute approximate surface area is 224 Å². The molecule has 3 amide bonds. The van der Waals surface area contributed by atoms with Crippen LogP contribution in [0.1, 0.15) is 44.1 Å². The lowest BCUT2D eigenvalue weighted by molar-refractivity contribution is -0.143. The molecular formula is C27H41N5O6. The van der Waals surface area contributed by atoms with E-state index in [1.54, 1.807) is 21.7 Å². The molecule has 0 unspecified atom stereocenters. The Hall–Kier alpha value is -3.05. The Bertz CT molecular complexity index is 1010. The minimum absolute atomic E-state index is 0.0373. The predicted octanol–water partition coefficient (Wildman–Crippen LogP) is 1.62. The quantitative estimate of drug-likeness (QED) is 0.416. The van der Waals surface area contributed by atoms with Crippen LogP contribution in [0.5, 0.6) is 11.5 Å². The highest BCUT2D eigenvalue weighted by Gasteiger charge is 2.47. The van der Waals surface area contributed by atoms with E-state index >= 15 is 0 Å². The number of benzene rings is 1. The molecule has 1 aromatic rings. The van der Waals surface area contributed by atoms with E-state index in [1.165, 1.54) is 0 Å². The van der Waals surface area contributed by atoms with E-state index in [2.05, 4.69) is 6.92 Å². The summed E-state index contributed by atoms with van der Waals surface area (Å²) >= 11 is 0. The molecule has 0 bridgehead atoms. The van der Waals surface area contributed by atoms with Crippen molar-refractivity contribution in [3.8, 4) is 11.5 Å². The summed E-state index contributed by atoms with van der Waals surface area (Å²) in [5.41, 5.74) is 6.63. The number of nitrogens with two attached hydrogens (primary N) is 1. The Morgan fingerprint density at radius 2 is 1.97 bits per heavy atom. The number of aliphatic carboxylic acids is 1. The third-order valence-corrected chi connectivity index (χ3v) is 7.94. The number of carbonyl (C=O) groups is 3. The number of nitrogens with zero attached hydrogens (tertiary/aromatic N) is 4. The van der Waals surface area contributed by atoms with E-state index in [-0.39, 0.29) is 31.2 Å². The van der Waals surface area contributed by atoms with Crippen LogP contribution in [0.15, 0.2) is 18.2 Å². The standard InChI is InChI=1S/C27H41N5O6/c1-3-4-11-30(14-9-28)24(33)17-32-16-20(19-6-7-22-23(15-19)38-18-37-22)25(26(34)35)21(32)8-13-31-12-5-10-29(2)27(31)36/h6-7,15,20-21,25H,3-5,8-14,16-18,28H2,1-2H3,(H,34,35)/t20-,21+,25-/m1/s1. The van der Waals surface area contributed by atoms with Gasteiger partial charge in [-0.15, -0.1) is 0 Å².